The molecule has 2 rings (SSSR count). The van der Waals surface area contributed by atoms with E-state index in [1.54, 1.807) is 0 Å². The van der Waals surface area contributed by atoms with E-state index in [0.29, 0.717) is 17.8 Å². The molecule has 0 aromatic heterocycles. The lowest BCUT2D eigenvalue weighted by Gasteiger charge is -2.37. The number of nitrogens with two attached hydrogens (primary N) is 1. The van der Waals surface area contributed by atoms with Crippen molar-refractivity contribution < 1.29 is 0 Å². The smallest absolute Gasteiger partial charge is 0.0482 e. The molecule has 100 valence electrons. The highest BCUT2D eigenvalue weighted by Gasteiger charge is 2.25. The van der Waals surface area contributed by atoms with E-state index in [9.17, 15) is 0 Å². The van der Waals surface area contributed by atoms with Crippen LogP contribution in [0.25, 0.3) is 0 Å². The highest BCUT2D eigenvalue weighted by molar-refractivity contribution is 9.10. The fourth-order valence-corrected chi connectivity index (χ4v) is 4.30. The number of benzene rings is 1. The van der Waals surface area contributed by atoms with Crippen LogP contribution < -0.4 is 5.73 Å². The van der Waals surface area contributed by atoms with Crippen LogP contribution in [0.3, 0.4) is 0 Å². The second-order valence-electron chi connectivity index (χ2n) is 4.95. The maximum Gasteiger partial charge on any atom is 0.0482 e. The summed E-state index contributed by atoms with van der Waals surface area (Å²) in [6.45, 7) is 7.36. The Balaban J connectivity index is 2.21. The molecule has 1 aliphatic heterocycles. The topological polar surface area (TPSA) is 29.3 Å². The van der Waals surface area contributed by atoms with Crippen molar-refractivity contribution in [2.45, 2.75) is 25.1 Å². The maximum absolute atomic E-state index is 6.02. The molecule has 0 saturated carbocycles. The Morgan fingerprint density at radius 1 is 1.56 bits per heavy atom. The molecule has 2 N–H and O–H groups in total. The summed E-state index contributed by atoms with van der Waals surface area (Å²) >= 11 is 5.74. The number of hydrogen-bond acceptors (Lipinski definition) is 3. The van der Waals surface area contributed by atoms with E-state index in [4.69, 9.17) is 5.73 Å². The van der Waals surface area contributed by atoms with E-state index in [-0.39, 0.29) is 0 Å². The van der Waals surface area contributed by atoms with Crippen LogP contribution in [0, 0.1) is 6.92 Å². The Kier molecular flexibility index (Phi) is 5.13. The van der Waals surface area contributed by atoms with Gasteiger partial charge in [0.25, 0.3) is 0 Å². The summed E-state index contributed by atoms with van der Waals surface area (Å²) in [6, 6.07) is 6.90. The quantitative estimate of drug-likeness (QED) is 0.923. The summed E-state index contributed by atoms with van der Waals surface area (Å²) in [4.78, 5) is 2.52. The molecule has 1 fully saturated rings. The number of aryl methyl sites for hydroxylation is 1. The normalized spacial score (nSPS) is 23.0. The Hall–Kier alpha value is -0.0300. The summed E-state index contributed by atoms with van der Waals surface area (Å²) in [5, 5.41) is 0.706. The molecule has 1 aromatic carbocycles. The molecule has 4 heteroatoms. The van der Waals surface area contributed by atoms with Crippen LogP contribution in [0.1, 0.15) is 24.1 Å². The summed E-state index contributed by atoms with van der Waals surface area (Å²) in [6.07, 6.45) is 0. The van der Waals surface area contributed by atoms with E-state index >= 15 is 0 Å². The Labute approximate surface area is 122 Å². The zero-order valence-corrected chi connectivity index (χ0v) is 13.4. The highest BCUT2D eigenvalue weighted by atomic mass is 79.9. The lowest BCUT2D eigenvalue weighted by molar-refractivity contribution is 0.210. The van der Waals surface area contributed by atoms with E-state index in [1.165, 1.54) is 21.4 Å². The second kappa shape index (κ2) is 6.42. The van der Waals surface area contributed by atoms with Gasteiger partial charge in [-0.05, 0) is 24.1 Å². The van der Waals surface area contributed by atoms with Gasteiger partial charge < -0.3 is 5.73 Å². The van der Waals surface area contributed by atoms with E-state index in [1.807, 2.05) is 0 Å². The fourth-order valence-electron chi connectivity index (χ4n) is 2.50. The van der Waals surface area contributed by atoms with Gasteiger partial charge in [-0.2, -0.15) is 11.8 Å². The number of nitrogens with zero attached hydrogens (tertiary/aromatic N) is 1. The molecule has 2 unspecified atom stereocenters. The van der Waals surface area contributed by atoms with Crippen LogP contribution in [0.5, 0.6) is 0 Å². The average molecular weight is 329 g/mol. The first-order chi connectivity index (χ1) is 8.61. The molecule has 0 bridgehead atoms. The van der Waals surface area contributed by atoms with Gasteiger partial charge in [0, 0.05) is 41.2 Å². The molecule has 1 aliphatic rings. The number of halogens is 1. The molecule has 0 radical (unpaired) electrons. The lowest BCUT2D eigenvalue weighted by atomic mass is 10.0. The summed E-state index contributed by atoms with van der Waals surface area (Å²) in [7, 11) is 0. The van der Waals surface area contributed by atoms with Crippen LogP contribution >= 0.6 is 27.7 Å². The fraction of sp³-hybridized carbons (Fsp3) is 0.571. The van der Waals surface area contributed by atoms with Crippen LogP contribution in [0.4, 0.5) is 0 Å². The Morgan fingerprint density at radius 3 is 2.94 bits per heavy atom. The predicted molar refractivity (Wildman–Crippen MR) is 84.2 cm³/mol. The first-order valence-corrected chi connectivity index (χ1v) is 8.27. The van der Waals surface area contributed by atoms with Gasteiger partial charge in [-0.15, -0.1) is 0 Å². The monoisotopic (exact) mass is 328 g/mol. The van der Waals surface area contributed by atoms with Crippen molar-refractivity contribution in [1.82, 2.24) is 4.90 Å². The third kappa shape index (κ3) is 3.29. The molecule has 18 heavy (non-hydrogen) atoms. The van der Waals surface area contributed by atoms with Crippen molar-refractivity contribution in [2.24, 2.45) is 5.73 Å². The van der Waals surface area contributed by atoms with Crippen LogP contribution in [-0.4, -0.2) is 35.5 Å². The van der Waals surface area contributed by atoms with E-state index in [2.05, 4.69) is 64.6 Å². The van der Waals surface area contributed by atoms with Gasteiger partial charge in [-0.25, -0.2) is 0 Å². The third-order valence-electron chi connectivity index (χ3n) is 3.45. The van der Waals surface area contributed by atoms with E-state index < -0.39 is 0 Å². The van der Waals surface area contributed by atoms with Crippen molar-refractivity contribution >= 4 is 27.7 Å². The standard InChI is InChI=1S/C14H21BrN2S/c1-10-3-4-12(13(15)7-10)14(8-16)17-5-6-18-11(2)9-17/h3-4,7,11,14H,5-6,8-9,16H2,1-2H3. The second-order valence-corrected chi connectivity index (χ2v) is 7.35. The number of thioether (sulfide) groups is 1. The molecule has 1 saturated heterocycles. The van der Waals surface area contributed by atoms with Crippen molar-refractivity contribution in [3.8, 4) is 0 Å². The number of rotatable bonds is 3. The van der Waals surface area contributed by atoms with Gasteiger partial charge in [0.05, 0.1) is 0 Å². The molecule has 2 nitrogen and oxygen atoms in total. The van der Waals surface area contributed by atoms with Crippen LogP contribution in [0.15, 0.2) is 22.7 Å². The van der Waals surface area contributed by atoms with Crippen LogP contribution in [-0.2, 0) is 0 Å². The Morgan fingerprint density at radius 2 is 2.33 bits per heavy atom. The zero-order chi connectivity index (χ0) is 13.1. The zero-order valence-electron chi connectivity index (χ0n) is 11.0. The maximum atomic E-state index is 6.02. The van der Waals surface area contributed by atoms with E-state index in [0.717, 1.165) is 13.1 Å². The summed E-state index contributed by atoms with van der Waals surface area (Å²) in [5.41, 5.74) is 8.62. The number of hydrogen-bond donors (Lipinski definition) is 1. The predicted octanol–water partition coefficient (Wildman–Crippen LogP) is 3.19. The minimum atomic E-state index is 0.336. The van der Waals surface area contributed by atoms with Crippen molar-refractivity contribution in [3.63, 3.8) is 0 Å². The van der Waals surface area contributed by atoms with Gasteiger partial charge in [-0.3, -0.25) is 4.90 Å². The minimum Gasteiger partial charge on any atom is -0.329 e. The SMILES string of the molecule is Cc1ccc(C(CN)N2CCSC(C)C2)c(Br)c1. The molecule has 1 heterocycles. The van der Waals surface area contributed by atoms with Gasteiger partial charge in [0.1, 0.15) is 0 Å². The van der Waals surface area contributed by atoms with Gasteiger partial charge in [-0.1, -0.05) is 35.0 Å². The van der Waals surface area contributed by atoms with Crippen molar-refractivity contribution in [1.29, 1.82) is 0 Å². The molecule has 0 amide bonds. The largest absolute Gasteiger partial charge is 0.329 e. The summed E-state index contributed by atoms with van der Waals surface area (Å²) in [5.74, 6) is 1.21. The van der Waals surface area contributed by atoms with Gasteiger partial charge in [0.2, 0.25) is 0 Å². The van der Waals surface area contributed by atoms with Crippen molar-refractivity contribution in [3.05, 3.63) is 33.8 Å². The van der Waals surface area contributed by atoms with Gasteiger partial charge in [0.15, 0.2) is 0 Å². The first kappa shape index (κ1) is 14.4. The third-order valence-corrected chi connectivity index (χ3v) is 5.27. The molecule has 2 atom stereocenters. The van der Waals surface area contributed by atoms with Gasteiger partial charge >= 0.3 is 0 Å². The van der Waals surface area contributed by atoms with Crippen LogP contribution in [0.2, 0.25) is 0 Å². The molecular weight excluding hydrogens is 308 g/mol. The average Bonchev–Trinajstić information content (AvgIpc) is 2.33. The molecular formula is C14H21BrN2S. The minimum absolute atomic E-state index is 0.336. The Bertz CT molecular complexity index is 411. The molecule has 0 aliphatic carbocycles. The molecule has 0 spiro atoms. The lowest BCUT2D eigenvalue weighted by Crippen LogP contribution is -2.42. The first-order valence-electron chi connectivity index (χ1n) is 6.43. The highest BCUT2D eigenvalue weighted by Crippen LogP contribution is 2.31. The molecule has 1 aromatic rings. The van der Waals surface area contributed by atoms with Crippen molar-refractivity contribution in [2.75, 3.05) is 25.4 Å². The summed E-state index contributed by atoms with van der Waals surface area (Å²) < 4.78 is 1.18.